The third-order valence-electron chi connectivity index (χ3n) is 5.21. The number of benzene rings is 1. The van der Waals surface area contributed by atoms with E-state index in [9.17, 15) is 0 Å². The molecule has 1 saturated carbocycles. The van der Waals surface area contributed by atoms with Gasteiger partial charge >= 0.3 is 0 Å². The Morgan fingerprint density at radius 2 is 1.61 bits per heavy atom. The van der Waals surface area contributed by atoms with Gasteiger partial charge in [-0.15, -0.1) is 6.58 Å². The van der Waals surface area contributed by atoms with Crippen molar-refractivity contribution in [1.82, 2.24) is 0 Å². The number of nitrogens with zero attached hydrogens (tertiary/aromatic N) is 1. The van der Waals surface area contributed by atoms with E-state index in [1.165, 1.54) is 48.9 Å². The lowest BCUT2D eigenvalue weighted by molar-refractivity contribution is 0.294. The van der Waals surface area contributed by atoms with Crippen LogP contribution in [0.25, 0.3) is 0 Å². The predicted molar refractivity (Wildman–Crippen MR) is 103 cm³/mol. The fraction of sp³-hybridized carbons (Fsp3) is 0.591. The molecule has 0 aromatic heterocycles. The van der Waals surface area contributed by atoms with Gasteiger partial charge in [0.05, 0.1) is 5.69 Å². The number of hydrogen-bond donors (Lipinski definition) is 0. The van der Waals surface area contributed by atoms with Crippen LogP contribution in [0.5, 0.6) is 0 Å². The van der Waals surface area contributed by atoms with Crippen LogP contribution in [0.1, 0.15) is 89.2 Å². The van der Waals surface area contributed by atoms with E-state index in [4.69, 9.17) is 4.99 Å². The van der Waals surface area contributed by atoms with Crippen LogP contribution in [-0.2, 0) is 0 Å². The van der Waals surface area contributed by atoms with Crippen LogP contribution in [0.2, 0.25) is 0 Å². The van der Waals surface area contributed by atoms with Crippen molar-refractivity contribution in [2.75, 3.05) is 0 Å². The van der Waals surface area contributed by atoms with Crippen LogP contribution in [0.4, 0.5) is 5.69 Å². The zero-order valence-electron chi connectivity index (χ0n) is 15.4. The second-order valence-corrected chi connectivity index (χ2v) is 7.77. The molecule has 23 heavy (non-hydrogen) atoms. The Kier molecular flexibility index (Phi) is 6.21. The highest BCUT2D eigenvalue weighted by Crippen LogP contribution is 2.40. The Hall–Kier alpha value is -1.37. The Labute approximate surface area is 142 Å². The molecule has 1 nitrogen and oxygen atoms in total. The zero-order valence-corrected chi connectivity index (χ0v) is 15.4. The van der Waals surface area contributed by atoms with Crippen LogP contribution >= 0.6 is 0 Å². The minimum Gasteiger partial charge on any atom is -0.260 e. The van der Waals surface area contributed by atoms with Gasteiger partial charge in [0.25, 0.3) is 0 Å². The molecule has 0 radical (unpaired) electrons. The molecule has 1 aliphatic rings. The lowest BCUT2D eigenvalue weighted by atomic mass is 9.73. The molecule has 0 bridgehead atoms. The summed E-state index contributed by atoms with van der Waals surface area (Å²) < 4.78 is 0. The molecule has 1 aliphatic carbocycles. The summed E-state index contributed by atoms with van der Waals surface area (Å²) in [5, 5.41) is 0. The van der Waals surface area contributed by atoms with Crippen LogP contribution in [0.15, 0.2) is 35.8 Å². The molecule has 0 spiro atoms. The van der Waals surface area contributed by atoms with Crippen molar-refractivity contribution < 1.29 is 0 Å². The van der Waals surface area contributed by atoms with Crippen LogP contribution in [-0.4, -0.2) is 6.21 Å². The molecular weight excluding hydrogens is 278 g/mol. The average Bonchev–Trinajstić information content (AvgIpc) is 2.53. The number of hydrogen-bond acceptors (Lipinski definition) is 1. The number of allylic oxidation sites excluding steroid dienone is 1. The maximum Gasteiger partial charge on any atom is 0.0695 e. The SMILES string of the molecule is C=CCC1(C=Nc2c(C(C)C)cccc2C(C)C)CCCCC1. The first-order chi connectivity index (χ1) is 11.0. The number of aliphatic imine (C=N–C) groups is 1. The highest BCUT2D eigenvalue weighted by molar-refractivity contribution is 5.73. The van der Waals surface area contributed by atoms with E-state index in [0.29, 0.717) is 11.8 Å². The molecule has 2 rings (SSSR count). The van der Waals surface area contributed by atoms with Crippen LogP contribution in [0.3, 0.4) is 0 Å². The molecule has 0 amide bonds. The minimum atomic E-state index is 0.234. The Morgan fingerprint density at radius 3 is 2.09 bits per heavy atom. The molecule has 0 aliphatic heterocycles. The highest BCUT2D eigenvalue weighted by atomic mass is 14.7. The summed E-state index contributed by atoms with van der Waals surface area (Å²) in [5.74, 6) is 1.00. The molecular formula is C22H33N. The standard InChI is InChI=1S/C22H33N/c1-6-13-22(14-8-7-9-15-22)16-23-21-19(17(2)3)11-10-12-20(21)18(4)5/h6,10-12,16-18H,1,7-9,13-15H2,2-5H3. The van der Waals surface area contributed by atoms with E-state index in [1.807, 2.05) is 0 Å². The van der Waals surface area contributed by atoms with Gasteiger partial charge in [0.1, 0.15) is 0 Å². The normalized spacial score (nSPS) is 18.0. The summed E-state index contributed by atoms with van der Waals surface area (Å²) >= 11 is 0. The van der Waals surface area contributed by atoms with E-state index in [-0.39, 0.29) is 5.41 Å². The monoisotopic (exact) mass is 311 g/mol. The second-order valence-electron chi connectivity index (χ2n) is 7.77. The zero-order chi connectivity index (χ0) is 16.9. The van der Waals surface area contributed by atoms with E-state index in [2.05, 4.69) is 64.8 Å². The summed E-state index contributed by atoms with van der Waals surface area (Å²) in [6.07, 6.45) is 11.9. The number of rotatable bonds is 6. The average molecular weight is 312 g/mol. The Balaban J connectivity index is 2.41. The largest absolute Gasteiger partial charge is 0.260 e. The maximum atomic E-state index is 5.09. The Morgan fingerprint density at radius 1 is 1.04 bits per heavy atom. The molecule has 1 aromatic carbocycles. The van der Waals surface area contributed by atoms with Gasteiger partial charge in [-0.2, -0.15) is 0 Å². The fourth-order valence-electron chi connectivity index (χ4n) is 3.79. The minimum absolute atomic E-state index is 0.234. The van der Waals surface area contributed by atoms with E-state index < -0.39 is 0 Å². The molecule has 1 fully saturated rings. The molecule has 1 aromatic rings. The molecule has 0 atom stereocenters. The van der Waals surface area contributed by atoms with Crippen LogP contribution < -0.4 is 0 Å². The van der Waals surface area contributed by atoms with Gasteiger partial charge < -0.3 is 0 Å². The maximum absolute atomic E-state index is 5.09. The van der Waals surface area contributed by atoms with E-state index in [0.717, 1.165) is 6.42 Å². The van der Waals surface area contributed by atoms with Gasteiger partial charge in [-0.1, -0.05) is 71.2 Å². The summed E-state index contributed by atoms with van der Waals surface area (Å²) in [5.41, 5.74) is 4.19. The third-order valence-corrected chi connectivity index (χ3v) is 5.21. The van der Waals surface area contributed by atoms with Crippen molar-refractivity contribution in [2.45, 2.75) is 78.1 Å². The number of para-hydroxylation sites is 1. The molecule has 0 N–H and O–H groups in total. The van der Waals surface area contributed by atoms with Crippen molar-refractivity contribution in [1.29, 1.82) is 0 Å². The van der Waals surface area contributed by atoms with Crippen LogP contribution in [0, 0.1) is 5.41 Å². The molecule has 1 heteroatoms. The summed E-state index contributed by atoms with van der Waals surface area (Å²) in [6, 6.07) is 6.67. The van der Waals surface area contributed by atoms with Crippen molar-refractivity contribution in [3.8, 4) is 0 Å². The summed E-state index contributed by atoms with van der Waals surface area (Å²) in [4.78, 5) is 5.09. The van der Waals surface area contributed by atoms with E-state index >= 15 is 0 Å². The van der Waals surface area contributed by atoms with Gasteiger partial charge in [0.15, 0.2) is 0 Å². The van der Waals surface area contributed by atoms with Gasteiger partial charge in [-0.3, -0.25) is 4.99 Å². The first-order valence-electron chi connectivity index (χ1n) is 9.28. The van der Waals surface area contributed by atoms with Gasteiger partial charge in [0.2, 0.25) is 0 Å². The lowest BCUT2D eigenvalue weighted by Crippen LogP contribution is -2.25. The quantitative estimate of drug-likeness (QED) is 0.390. The second kappa shape index (κ2) is 7.95. The first kappa shape index (κ1) is 18.0. The predicted octanol–water partition coefficient (Wildman–Crippen LogP) is 7.16. The summed E-state index contributed by atoms with van der Waals surface area (Å²) in [7, 11) is 0. The van der Waals surface area contributed by atoms with Crippen molar-refractivity contribution in [3.05, 3.63) is 42.0 Å². The molecule has 126 valence electrons. The molecule has 0 unspecified atom stereocenters. The Bertz CT molecular complexity index is 519. The van der Waals surface area contributed by atoms with Crippen molar-refractivity contribution in [2.24, 2.45) is 10.4 Å². The van der Waals surface area contributed by atoms with Crippen molar-refractivity contribution >= 4 is 11.9 Å². The van der Waals surface area contributed by atoms with Gasteiger partial charge in [-0.05, 0) is 42.2 Å². The highest BCUT2D eigenvalue weighted by Gasteiger charge is 2.29. The third kappa shape index (κ3) is 4.34. The van der Waals surface area contributed by atoms with Gasteiger partial charge in [0, 0.05) is 11.6 Å². The van der Waals surface area contributed by atoms with Gasteiger partial charge in [-0.25, -0.2) is 0 Å². The molecule has 0 heterocycles. The lowest BCUT2D eigenvalue weighted by Gasteiger charge is -2.33. The fourth-order valence-corrected chi connectivity index (χ4v) is 3.79. The van der Waals surface area contributed by atoms with Crippen molar-refractivity contribution in [3.63, 3.8) is 0 Å². The first-order valence-corrected chi connectivity index (χ1v) is 9.28. The smallest absolute Gasteiger partial charge is 0.0695 e. The molecule has 0 saturated heterocycles. The van der Waals surface area contributed by atoms with E-state index in [1.54, 1.807) is 0 Å². The summed E-state index contributed by atoms with van der Waals surface area (Å²) in [6.45, 7) is 13.0. The topological polar surface area (TPSA) is 12.4 Å².